The van der Waals surface area contributed by atoms with Gasteiger partial charge in [-0.25, -0.2) is 0 Å². The number of rotatable bonds is 6. The third-order valence-corrected chi connectivity index (χ3v) is 5.18. The molecule has 182 valence electrons. The van der Waals surface area contributed by atoms with Crippen LogP contribution >= 0.6 is 0 Å². The fourth-order valence-electron chi connectivity index (χ4n) is 3.39. The molecule has 1 N–H and O–H groups in total. The van der Waals surface area contributed by atoms with Crippen LogP contribution in [0.3, 0.4) is 0 Å². The Balaban J connectivity index is 0.000000207. The number of nitrogens with zero attached hydrogens (tertiary/aromatic N) is 4. The molecule has 1 heterocycles. The highest BCUT2D eigenvalue weighted by Gasteiger charge is 2.30. The summed E-state index contributed by atoms with van der Waals surface area (Å²) < 4.78 is 0. The molecule has 0 unspecified atom stereocenters. The van der Waals surface area contributed by atoms with Crippen LogP contribution in [0.5, 0.6) is 5.75 Å². The van der Waals surface area contributed by atoms with Crippen molar-refractivity contribution in [3.8, 4) is 28.1 Å². The number of aryl methyl sites for hydroxylation is 1. The summed E-state index contributed by atoms with van der Waals surface area (Å²) in [5, 5.41) is 40.2. The second kappa shape index (κ2) is 11.3. The summed E-state index contributed by atoms with van der Waals surface area (Å²) in [7, 11) is 0. The molecule has 0 atom stereocenters. The first kappa shape index (κ1) is 25.4. The van der Waals surface area contributed by atoms with Crippen molar-refractivity contribution >= 4 is 17.1 Å². The van der Waals surface area contributed by atoms with Gasteiger partial charge in [-0.3, -0.25) is 35.3 Å². The summed E-state index contributed by atoms with van der Waals surface area (Å²) in [6.07, 6.45) is 3.00. The first-order chi connectivity index (χ1) is 17.2. The van der Waals surface area contributed by atoms with Crippen molar-refractivity contribution in [3.05, 3.63) is 121 Å². The van der Waals surface area contributed by atoms with Gasteiger partial charge in [0.1, 0.15) is 0 Å². The molecule has 0 amide bonds. The van der Waals surface area contributed by atoms with E-state index in [0.29, 0.717) is 12.1 Å². The lowest BCUT2D eigenvalue weighted by Gasteiger charge is -2.10. The van der Waals surface area contributed by atoms with Crippen molar-refractivity contribution in [2.75, 3.05) is 0 Å². The van der Waals surface area contributed by atoms with Crippen LogP contribution < -0.4 is 0 Å². The van der Waals surface area contributed by atoms with Crippen molar-refractivity contribution in [1.29, 1.82) is 0 Å². The summed E-state index contributed by atoms with van der Waals surface area (Å²) in [4.78, 5) is 32.4. The molecule has 11 nitrogen and oxygen atoms in total. The quantitative estimate of drug-likeness (QED) is 0.251. The van der Waals surface area contributed by atoms with E-state index in [2.05, 4.69) is 60.4 Å². The highest BCUT2D eigenvalue weighted by molar-refractivity contribution is 5.73. The maximum atomic E-state index is 10.4. The van der Waals surface area contributed by atoms with E-state index in [0.717, 1.165) is 17.7 Å². The standard InChI is InChI=1S/C19H17N.C6H3N3O7/c1-2-15-14-20-19(17-11-7-4-8-12-17)13-18(15)16-9-5-3-6-10-16;10-6-4(8(13)14)1-3(7(11)12)2-5(6)9(15)16/h3-14H,2H2,1H3;1-2,10H. The number of aromatic nitrogens is 1. The zero-order chi connectivity index (χ0) is 26.2. The summed E-state index contributed by atoms with van der Waals surface area (Å²) in [6.45, 7) is 2.17. The predicted octanol–water partition coefficient (Wildman–Crippen LogP) is 6.09. The number of hydrogen-bond donors (Lipinski definition) is 1. The Morgan fingerprint density at radius 1 is 0.750 bits per heavy atom. The Labute approximate surface area is 204 Å². The highest BCUT2D eigenvalue weighted by atomic mass is 16.6. The smallest absolute Gasteiger partial charge is 0.324 e. The lowest BCUT2D eigenvalue weighted by Crippen LogP contribution is -1.97. The number of nitro groups is 3. The summed E-state index contributed by atoms with van der Waals surface area (Å²) in [6, 6.07) is 23.9. The summed E-state index contributed by atoms with van der Waals surface area (Å²) in [5.74, 6) is -1.21. The number of non-ortho nitro benzene ring substituents is 1. The molecule has 0 radical (unpaired) electrons. The van der Waals surface area contributed by atoms with E-state index in [1.165, 1.54) is 16.7 Å². The van der Waals surface area contributed by atoms with E-state index < -0.39 is 37.6 Å². The number of hydrogen-bond acceptors (Lipinski definition) is 8. The van der Waals surface area contributed by atoms with Gasteiger partial charge in [-0.05, 0) is 29.2 Å². The predicted molar refractivity (Wildman–Crippen MR) is 133 cm³/mol. The maximum Gasteiger partial charge on any atom is 0.324 e. The van der Waals surface area contributed by atoms with Crippen LogP contribution in [0, 0.1) is 30.3 Å². The van der Waals surface area contributed by atoms with Crippen LogP contribution in [0.25, 0.3) is 22.4 Å². The van der Waals surface area contributed by atoms with Crippen LogP contribution in [0.1, 0.15) is 12.5 Å². The van der Waals surface area contributed by atoms with Crippen molar-refractivity contribution < 1.29 is 19.9 Å². The first-order valence-electron chi connectivity index (χ1n) is 10.6. The number of nitro benzene ring substituents is 3. The fraction of sp³-hybridized carbons (Fsp3) is 0.0800. The van der Waals surface area contributed by atoms with Gasteiger partial charge in [0.2, 0.25) is 0 Å². The largest absolute Gasteiger partial charge is 0.497 e. The van der Waals surface area contributed by atoms with E-state index in [-0.39, 0.29) is 0 Å². The minimum absolute atomic E-state index is 0.447. The van der Waals surface area contributed by atoms with E-state index >= 15 is 0 Å². The zero-order valence-corrected chi connectivity index (χ0v) is 19.0. The van der Waals surface area contributed by atoms with E-state index in [4.69, 9.17) is 5.11 Å². The van der Waals surface area contributed by atoms with Crippen molar-refractivity contribution in [2.45, 2.75) is 13.3 Å². The van der Waals surface area contributed by atoms with Gasteiger partial charge < -0.3 is 5.11 Å². The monoisotopic (exact) mass is 488 g/mol. The Kier molecular flexibility index (Phi) is 7.98. The molecule has 36 heavy (non-hydrogen) atoms. The van der Waals surface area contributed by atoms with E-state index in [1.54, 1.807) is 0 Å². The van der Waals surface area contributed by atoms with Crippen LogP contribution in [0.15, 0.2) is 85.1 Å². The minimum atomic E-state index is -1.21. The van der Waals surface area contributed by atoms with Gasteiger partial charge in [-0.1, -0.05) is 67.6 Å². The molecule has 3 aromatic carbocycles. The van der Waals surface area contributed by atoms with Gasteiger partial charge in [0.05, 0.1) is 32.6 Å². The van der Waals surface area contributed by atoms with Gasteiger partial charge in [-0.15, -0.1) is 0 Å². The molecule has 0 aliphatic heterocycles. The van der Waals surface area contributed by atoms with Crippen LogP contribution in [0.2, 0.25) is 0 Å². The van der Waals surface area contributed by atoms with Gasteiger partial charge in [0, 0.05) is 11.8 Å². The van der Waals surface area contributed by atoms with Gasteiger partial charge in [0.25, 0.3) is 11.4 Å². The molecule has 11 heteroatoms. The number of aromatic hydroxyl groups is 1. The van der Waals surface area contributed by atoms with Crippen molar-refractivity contribution in [2.24, 2.45) is 0 Å². The maximum absolute atomic E-state index is 10.4. The average molecular weight is 488 g/mol. The molecule has 0 bridgehead atoms. The Hall–Kier alpha value is -5.19. The zero-order valence-electron chi connectivity index (χ0n) is 19.0. The molecule has 0 saturated heterocycles. The molecular weight excluding hydrogens is 468 g/mol. The Bertz CT molecular complexity index is 1380. The van der Waals surface area contributed by atoms with Gasteiger partial charge >= 0.3 is 11.4 Å². The SMILES string of the molecule is CCc1cnc(-c2ccccc2)cc1-c1ccccc1.O=[N+]([O-])c1cc([N+](=O)[O-])c(O)c([N+](=O)[O-])c1. The third-order valence-electron chi connectivity index (χ3n) is 5.18. The van der Waals surface area contributed by atoms with E-state index in [9.17, 15) is 30.3 Å². The fourth-order valence-corrected chi connectivity index (χ4v) is 3.39. The second-order valence-corrected chi connectivity index (χ2v) is 7.42. The highest BCUT2D eigenvalue weighted by Crippen LogP contribution is 2.39. The minimum Gasteiger partial charge on any atom is -0.497 e. The lowest BCUT2D eigenvalue weighted by atomic mass is 9.98. The lowest BCUT2D eigenvalue weighted by molar-refractivity contribution is -0.404. The Morgan fingerprint density at radius 2 is 1.25 bits per heavy atom. The number of phenols is 1. The van der Waals surface area contributed by atoms with Crippen LogP contribution in [0.4, 0.5) is 17.1 Å². The normalized spacial score (nSPS) is 10.1. The molecule has 4 aromatic rings. The topological polar surface area (TPSA) is 163 Å². The second-order valence-electron chi connectivity index (χ2n) is 7.42. The summed E-state index contributed by atoms with van der Waals surface area (Å²) >= 11 is 0. The first-order valence-corrected chi connectivity index (χ1v) is 10.6. The molecule has 0 spiro atoms. The average Bonchev–Trinajstić information content (AvgIpc) is 2.89. The molecular formula is C25H20N4O7. The molecule has 0 fully saturated rings. The number of phenolic OH excluding ortho intramolecular Hbond substituents is 1. The van der Waals surface area contributed by atoms with Crippen molar-refractivity contribution in [3.63, 3.8) is 0 Å². The van der Waals surface area contributed by atoms with E-state index in [1.807, 2.05) is 24.4 Å². The number of benzene rings is 3. The third kappa shape index (κ3) is 5.83. The van der Waals surface area contributed by atoms with Crippen molar-refractivity contribution in [1.82, 2.24) is 4.98 Å². The Morgan fingerprint density at radius 3 is 1.69 bits per heavy atom. The summed E-state index contributed by atoms with van der Waals surface area (Å²) in [5.41, 5.74) is 3.01. The molecule has 4 rings (SSSR count). The van der Waals surface area contributed by atoms with Crippen LogP contribution in [-0.2, 0) is 6.42 Å². The molecule has 1 aromatic heterocycles. The molecule has 0 saturated carbocycles. The van der Waals surface area contributed by atoms with Gasteiger partial charge in [0.15, 0.2) is 0 Å². The molecule has 0 aliphatic rings. The van der Waals surface area contributed by atoms with Crippen LogP contribution in [-0.4, -0.2) is 24.9 Å². The van der Waals surface area contributed by atoms with Gasteiger partial charge in [-0.2, -0.15) is 0 Å². The number of pyridine rings is 1. The molecule has 0 aliphatic carbocycles.